The van der Waals surface area contributed by atoms with Gasteiger partial charge in [-0.1, -0.05) is 5.92 Å². The molecule has 1 rings (SSSR count). The van der Waals surface area contributed by atoms with Gasteiger partial charge in [0, 0.05) is 0 Å². The van der Waals surface area contributed by atoms with Crippen LogP contribution in [0.5, 0.6) is 0 Å². The van der Waals surface area contributed by atoms with Gasteiger partial charge in [0.15, 0.2) is 11.2 Å². The number of hydrogen-bond donors (Lipinski definition) is 0. The van der Waals surface area contributed by atoms with E-state index in [1.165, 1.54) is 13.2 Å². The largest absolute Gasteiger partial charge is 0.467 e. The smallest absolute Gasteiger partial charge is 0.332 e. The number of nitrogens with zero attached hydrogens (tertiary/aromatic N) is 1. The SMILES string of the molecule is C#CC1(C(=O)OC)C=CC(=O)C(C#N)=C1. The van der Waals surface area contributed by atoms with Crippen molar-refractivity contribution in [3.05, 3.63) is 23.8 Å². The van der Waals surface area contributed by atoms with Crippen molar-refractivity contribution in [1.82, 2.24) is 0 Å². The summed E-state index contributed by atoms with van der Waals surface area (Å²) in [4.78, 5) is 22.5. The van der Waals surface area contributed by atoms with Crippen molar-refractivity contribution >= 4 is 11.8 Å². The zero-order chi connectivity index (χ0) is 11.5. The molecule has 0 aromatic heterocycles. The van der Waals surface area contributed by atoms with Crippen LogP contribution in [0.1, 0.15) is 0 Å². The van der Waals surface area contributed by atoms with Crippen LogP contribution in [0, 0.1) is 29.1 Å². The van der Waals surface area contributed by atoms with Crippen LogP contribution < -0.4 is 0 Å². The molecule has 0 aliphatic heterocycles. The first-order valence-electron chi connectivity index (χ1n) is 4.02. The third kappa shape index (κ3) is 1.66. The average molecular weight is 201 g/mol. The lowest BCUT2D eigenvalue weighted by molar-refractivity contribution is -0.145. The number of esters is 1. The normalized spacial score (nSPS) is 23.7. The Balaban J connectivity index is 3.28. The molecule has 0 fully saturated rings. The van der Waals surface area contributed by atoms with E-state index in [9.17, 15) is 9.59 Å². The number of ketones is 1. The Hall–Kier alpha value is -2.33. The van der Waals surface area contributed by atoms with Crippen LogP contribution in [0.2, 0.25) is 0 Å². The highest BCUT2D eigenvalue weighted by Crippen LogP contribution is 2.27. The molecule has 15 heavy (non-hydrogen) atoms. The summed E-state index contributed by atoms with van der Waals surface area (Å²) >= 11 is 0. The van der Waals surface area contributed by atoms with Crippen molar-refractivity contribution in [1.29, 1.82) is 5.26 Å². The van der Waals surface area contributed by atoms with E-state index in [-0.39, 0.29) is 5.57 Å². The van der Waals surface area contributed by atoms with Crippen molar-refractivity contribution < 1.29 is 14.3 Å². The molecule has 74 valence electrons. The van der Waals surface area contributed by atoms with E-state index in [2.05, 4.69) is 10.7 Å². The number of terminal acetylenes is 1. The molecule has 4 heteroatoms. The van der Waals surface area contributed by atoms with Gasteiger partial charge in [0.05, 0.1) is 12.7 Å². The van der Waals surface area contributed by atoms with Crippen LogP contribution in [0.3, 0.4) is 0 Å². The van der Waals surface area contributed by atoms with Gasteiger partial charge in [-0.2, -0.15) is 5.26 Å². The summed E-state index contributed by atoms with van der Waals surface area (Å²) in [7, 11) is 1.19. The summed E-state index contributed by atoms with van der Waals surface area (Å²) in [6, 6.07) is 1.68. The molecule has 0 bridgehead atoms. The van der Waals surface area contributed by atoms with Crippen LogP contribution in [0.25, 0.3) is 0 Å². The summed E-state index contributed by atoms with van der Waals surface area (Å²) < 4.78 is 4.51. The molecule has 0 spiro atoms. The zero-order valence-electron chi connectivity index (χ0n) is 7.98. The first-order valence-corrected chi connectivity index (χ1v) is 4.02. The fourth-order valence-corrected chi connectivity index (χ4v) is 1.18. The molecule has 4 nitrogen and oxygen atoms in total. The molecule has 0 aromatic carbocycles. The van der Waals surface area contributed by atoms with Crippen LogP contribution >= 0.6 is 0 Å². The number of carbonyl (C=O) groups is 2. The topological polar surface area (TPSA) is 67.2 Å². The number of methoxy groups -OCH3 is 1. The number of allylic oxidation sites excluding steroid dienone is 2. The van der Waals surface area contributed by atoms with Gasteiger partial charge < -0.3 is 4.74 Å². The van der Waals surface area contributed by atoms with Gasteiger partial charge >= 0.3 is 5.97 Å². The quantitative estimate of drug-likeness (QED) is 0.454. The lowest BCUT2D eigenvalue weighted by Gasteiger charge is -2.20. The highest BCUT2D eigenvalue weighted by Gasteiger charge is 2.36. The fourth-order valence-electron chi connectivity index (χ4n) is 1.18. The summed E-state index contributed by atoms with van der Waals surface area (Å²) in [5.41, 5.74) is -1.59. The summed E-state index contributed by atoms with van der Waals surface area (Å²) in [5, 5.41) is 8.65. The Kier molecular flexibility index (Phi) is 2.73. The standard InChI is InChI=1S/C11H7NO3/c1-3-11(10(14)15-2)5-4-9(13)8(6-11)7-12/h1,4-6H,2H3. The third-order valence-electron chi connectivity index (χ3n) is 2.02. The van der Waals surface area contributed by atoms with Gasteiger partial charge in [-0.15, -0.1) is 6.42 Å². The van der Waals surface area contributed by atoms with Gasteiger partial charge in [0.1, 0.15) is 6.07 Å². The first kappa shape index (κ1) is 10.7. The summed E-state index contributed by atoms with van der Waals surface area (Å²) in [5.74, 6) is 1.05. The van der Waals surface area contributed by atoms with E-state index < -0.39 is 17.2 Å². The summed E-state index contributed by atoms with van der Waals surface area (Å²) in [6.07, 6.45) is 8.71. The molecule has 0 aromatic rings. The van der Waals surface area contributed by atoms with Crippen molar-refractivity contribution in [3.63, 3.8) is 0 Å². The van der Waals surface area contributed by atoms with Crippen molar-refractivity contribution in [2.75, 3.05) is 7.11 Å². The van der Waals surface area contributed by atoms with E-state index in [0.717, 1.165) is 12.2 Å². The number of nitriles is 1. The van der Waals surface area contributed by atoms with Crippen LogP contribution in [0.4, 0.5) is 0 Å². The van der Waals surface area contributed by atoms with Crippen molar-refractivity contribution in [2.24, 2.45) is 5.41 Å². The molecule has 1 aliphatic rings. The second-order valence-corrected chi connectivity index (χ2v) is 2.87. The van der Waals surface area contributed by atoms with E-state index in [0.29, 0.717) is 0 Å². The summed E-state index contributed by atoms with van der Waals surface area (Å²) in [6.45, 7) is 0. The molecule has 0 amide bonds. The molecular weight excluding hydrogens is 194 g/mol. The Labute approximate surface area is 86.8 Å². The highest BCUT2D eigenvalue weighted by atomic mass is 16.5. The number of rotatable bonds is 1. The Morgan fingerprint density at radius 1 is 1.67 bits per heavy atom. The molecule has 0 N–H and O–H groups in total. The minimum atomic E-state index is -1.44. The molecule has 1 atom stereocenters. The second-order valence-electron chi connectivity index (χ2n) is 2.87. The van der Waals surface area contributed by atoms with Gasteiger partial charge in [0.25, 0.3) is 0 Å². The maximum absolute atomic E-state index is 11.4. The minimum absolute atomic E-state index is 0.152. The maximum atomic E-state index is 11.4. The van der Waals surface area contributed by atoms with E-state index in [1.807, 2.05) is 0 Å². The molecule has 0 radical (unpaired) electrons. The van der Waals surface area contributed by atoms with Gasteiger partial charge in [-0.25, -0.2) is 4.79 Å². The zero-order valence-corrected chi connectivity index (χ0v) is 7.98. The number of hydrogen-bond acceptors (Lipinski definition) is 4. The first-order chi connectivity index (χ1) is 7.09. The maximum Gasteiger partial charge on any atom is 0.332 e. The molecule has 1 aliphatic carbocycles. The van der Waals surface area contributed by atoms with Crippen molar-refractivity contribution in [2.45, 2.75) is 0 Å². The fraction of sp³-hybridized carbons (Fsp3) is 0.182. The predicted octanol–water partition coefficient (Wildman–Crippen LogP) is 0.368. The monoisotopic (exact) mass is 201 g/mol. The van der Waals surface area contributed by atoms with Crippen LogP contribution in [-0.4, -0.2) is 18.9 Å². The Morgan fingerprint density at radius 2 is 2.33 bits per heavy atom. The lowest BCUT2D eigenvalue weighted by atomic mass is 9.82. The molecule has 1 unspecified atom stereocenters. The van der Waals surface area contributed by atoms with Crippen molar-refractivity contribution in [3.8, 4) is 18.4 Å². The minimum Gasteiger partial charge on any atom is -0.467 e. The molecule has 0 heterocycles. The second kappa shape index (κ2) is 3.81. The molecule has 0 saturated carbocycles. The Morgan fingerprint density at radius 3 is 2.80 bits per heavy atom. The highest BCUT2D eigenvalue weighted by molar-refractivity contribution is 6.10. The third-order valence-corrected chi connectivity index (χ3v) is 2.02. The predicted molar refractivity (Wildman–Crippen MR) is 51.1 cm³/mol. The number of ether oxygens (including phenoxy) is 1. The van der Waals surface area contributed by atoms with E-state index in [1.54, 1.807) is 6.07 Å². The number of carbonyl (C=O) groups excluding carboxylic acids is 2. The Bertz CT molecular complexity index is 459. The van der Waals surface area contributed by atoms with E-state index >= 15 is 0 Å². The van der Waals surface area contributed by atoms with Gasteiger partial charge in [-0.3, -0.25) is 4.79 Å². The average Bonchev–Trinajstić information content (AvgIpc) is 2.29. The molecular formula is C11H7NO3. The van der Waals surface area contributed by atoms with Crippen LogP contribution in [-0.2, 0) is 14.3 Å². The van der Waals surface area contributed by atoms with E-state index in [4.69, 9.17) is 11.7 Å². The van der Waals surface area contributed by atoms with Gasteiger partial charge in [-0.05, 0) is 18.2 Å². The van der Waals surface area contributed by atoms with Gasteiger partial charge in [0.2, 0.25) is 0 Å². The lowest BCUT2D eigenvalue weighted by Crippen LogP contribution is -2.29. The molecule has 0 saturated heterocycles. The van der Waals surface area contributed by atoms with Crippen LogP contribution in [0.15, 0.2) is 23.8 Å².